The maximum Gasteiger partial charge on any atom is 0.640 e. The first kappa shape index (κ1) is 23.1. The minimum absolute atomic E-state index is 0.207. The summed E-state index contributed by atoms with van der Waals surface area (Å²) in [6.45, 7) is 3.81. The summed E-state index contributed by atoms with van der Waals surface area (Å²) in [6, 6.07) is -2.99. The topological polar surface area (TPSA) is 157 Å². The lowest BCUT2D eigenvalue weighted by molar-refractivity contribution is -0.528. The second-order valence-corrected chi connectivity index (χ2v) is 5.33. The highest BCUT2D eigenvalue weighted by Crippen LogP contribution is 2.06. The van der Waals surface area contributed by atoms with Crippen molar-refractivity contribution in [1.82, 2.24) is 0 Å². The van der Waals surface area contributed by atoms with Crippen LogP contribution in [0.2, 0.25) is 0 Å². The summed E-state index contributed by atoms with van der Waals surface area (Å²) in [6.07, 6.45) is 0.621. The van der Waals surface area contributed by atoms with Crippen molar-refractivity contribution in [3.8, 4) is 0 Å². The maximum absolute atomic E-state index is 10.8. The zero-order valence-corrected chi connectivity index (χ0v) is 14.6. The molecule has 3 atom stereocenters. The van der Waals surface area contributed by atoms with Crippen LogP contribution in [0.4, 0.5) is 0 Å². The van der Waals surface area contributed by atoms with E-state index in [1.54, 1.807) is 20.8 Å². The molecule has 0 aromatic rings. The van der Waals surface area contributed by atoms with Gasteiger partial charge in [-0.1, -0.05) is 20.8 Å². The molecule has 0 heterocycles. The van der Waals surface area contributed by atoms with Crippen LogP contribution in [0.3, 0.4) is 0 Å². The Balaban J connectivity index is 4.76. The molecule has 13 heteroatoms. The highest BCUT2D eigenvalue weighted by Gasteiger charge is 2.32. The van der Waals surface area contributed by atoms with Crippen molar-refractivity contribution in [3.05, 3.63) is 30.3 Å². The lowest BCUT2D eigenvalue weighted by Crippen LogP contribution is -2.39. The Morgan fingerprint density at radius 1 is 0.680 bits per heavy atom. The monoisotopic (exact) mass is 365 g/mol. The van der Waals surface area contributed by atoms with Crippen LogP contribution >= 0.6 is 0 Å². The molecule has 12 nitrogen and oxygen atoms in total. The van der Waals surface area contributed by atoms with Crippen molar-refractivity contribution in [2.45, 2.75) is 58.2 Å². The van der Waals surface area contributed by atoms with Crippen LogP contribution in [-0.4, -0.2) is 60.0 Å². The summed E-state index contributed by atoms with van der Waals surface area (Å²) in [5.74, 6) is 0. The van der Waals surface area contributed by atoms with Gasteiger partial charge >= 0.3 is 7.32 Å². The van der Waals surface area contributed by atoms with Crippen molar-refractivity contribution >= 4 is 7.32 Å². The minimum atomic E-state index is -1.45. The zero-order chi connectivity index (χ0) is 19.4. The van der Waals surface area contributed by atoms with Crippen LogP contribution in [0.25, 0.3) is 0 Å². The molecule has 144 valence electrons. The molecule has 0 aliphatic heterocycles. The fourth-order valence-electron chi connectivity index (χ4n) is 1.70. The average Bonchev–Trinajstić information content (AvgIpc) is 2.54. The molecular formula is C12H24BN3O9. The predicted octanol–water partition coefficient (Wildman–Crippen LogP) is 1.19. The summed E-state index contributed by atoms with van der Waals surface area (Å²) < 4.78 is 15.5. The zero-order valence-electron chi connectivity index (χ0n) is 14.6. The normalized spacial score (nSPS) is 14.5. The number of nitrogens with zero attached hydrogens (tertiary/aromatic N) is 3. The average molecular weight is 365 g/mol. The number of hydrogen-bond acceptors (Lipinski definition) is 9. The SMILES string of the molecule is CC[C@H](COB(OC[C@@H](CC)[N+](=O)[O-])OC[C@H](CC)[N+](=O)[O-])[N+](=O)[O-]. The smallest absolute Gasteiger partial charge is 0.379 e. The van der Waals surface area contributed by atoms with Crippen LogP contribution in [0.15, 0.2) is 0 Å². The summed E-state index contributed by atoms with van der Waals surface area (Å²) >= 11 is 0. The van der Waals surface area contributed by atoms with Gasteiger partial charge in [-0.05, 0) is 0 Å². The van der Waals surface area contributed by atoms with Crippen molar-refractivity contribution in [3.63, 3.8) is 0 Å². The predicted molar refractivity (Wildman–Crippen MR) is 86.8 cm³/mol. The Bertz CT molecular complexity index is 378. The second-order valence-electron chi connectivity index (χ2n) is 5.33. The van der Waals surface area contributed by atoms with Gasteiger partial charge in [-0.25, -0.2) is 0 Å². The second kappa shape index (κ2) is 12.5. The summed E-state index contributed by atoms with van der Waals surface area (Å²) in [4.78, 5) is 30.9. The molecule has 0 rings (SSSR count). The van der Waals surface area contributed by atoms with Crippen molar-refractivity contribution < 1.29 is 28.7 Å². The first-order valence-electron chi connectivity index (χ1n) is 8.01. The third-order valence-corrected chi connectivity index (χ3v) is 3.58. The largest absolute Gasteiger partial charge is 0.640 e. The van der Waals surface area contributed by atoms with Crippen LogP contribution in [0, 0.1) is 30.3 Å². The number of nitro groups is 3. The summed E-state index contributed by atoms with van der Waals surface area (Å²) in [5, 5.41) is 32.4. The molecule has 0 unspecified atom stereocenters. The molecule has 0 aromatic heterocycles. The van der Waals surface area contributed by atoms with E-state index in [2.05, 4.69) is 0 Å². The van der Waals surface area contributed by atoms with Gasteiger partial charge in [0.2, 0.25) is 18.1 Å². The fourth-order valence-corrected chi connectivity index (χ4v) is 1.70. The van der Waals surface area contributed by atoms with Crippen LogP contribution in [0.5, 0.6) is 0 Å². The molecule has 0 fully saturated rings. The molecule has 0 aliphatic carbocycles. The Morgan fingerprint density at radius 3 is 1.08 bits per heavy atom. The Morgan fingerprint density at radius 2 is 0.920 bits per heavy atom. The van der Waals surface area contributed by atoms with Gasteiger partial charge in [0.25, 0.3) is 0 Å². The Kier molecular flexibility index (Phi) is 11.6. The molecule has 0 radical (unpaired) electrons. The summed E-state index contributed by atoms with van der Waals surface area (Å²) in [7, 11) is -1.45. The Hall–Kier alpha value is -1.86. The van der Waals surface area contributed by atoms with Crippen LogP contribution in [-0.2, 0) is 14.0 Å². The highest BCUT2D eigenvalue weighted by molar-refractivity contribution is 6.36. The van der Waals surface area contributed by atoms with Gasteiger partial charge in [0.05, 0.1) is 0 Å². The van der Waals surface area contributed by atoms with Gasteiger partial charge in [-0.15, -0.1) is 0 Å². The van der Waals surface area contributed by atoms with E-state index in [1.807, 2.05) is 0 Å². The molecule has 25 heavy (non-hydrogen) atoms. The van der Waals surface area contributed by atoms with Gasteiger partial charge in [0.1, 0.15) is 19.8 Å². The quantitative estimate of drug-likeness (QED) is 0.236. The minimum Gasteiger partial charge on any atom is -0.379 e. The van der Waals surface area contributed by atoms with Crippen LogP contribution in [0.1, 0.15) is 40.0 Å². The first-order valence-corrected chi connectivity index (χ1v) is 8.01. The third kappa shape index (κ3) is 9.26. The number of hydrogen-bond donors (Lipinski definition) is 0. The van der Waals surface area contributed by atoms with E-state index >= 15 is 0 Å². The van der Waals surface area contributed by atoms with Gasteiger partial charge < -0.3 is 14.0 Å². The first-order chi connectivity index (χ1) is 11.8. The molecule has 0 amide bonds. The van der Waals surface area contributed by atoms with E-state index in [4.69, 9.17) is 14.0 Å². The molecule has 0 aromatic carbocycles. The van der Waals surface area contributed by atoms with Gasteiger partial charge in [0, 0.05) is 34.0 Å². The number of rotatable bonds is 15. The molecule has 0 spiro atoms. The van der Waals surface area contributed by atoms with E-state index in [-0.39, 0.29) is 39.1 Å². The van der Waals surface area contributed by atoms with E-state index in [0.717, 1.165) is 0 Å². The lowest BCUT2D eigenvalue weighted by Gasteiger charge is -2.17. The standard InChI is InChI=1S/C12H24BN3O9/c1-4-10(14(17)18)7-23-13(24-8-11(5-2)15(19)20)25-9-12(6-3)16(21)22/h10-12H,4-9H2,1-3H3/t10-,11-,12+/m1/s1. The Labute approximate surface area is 145 Å². The highest BCUT2D eigenvalue weighted by atomic mass is 16.7. The van der Waals surface area contributed by atoms with E-state index in [0.29, 0.717) is 0 Å². The van der Waals surface area contributed by atoms with E-state index in [1.165, 1.54) is 0 Å². The van der Waals surface area contributed by atoms with E-state index < -0.39 is 40.2 Å². The lowest BCUT2D eigenvalue weighted by atomic mass is 10.1. The van der Waals surface area contributed by atoms with Gasteiger partial charge in [-0.3, -0.25) is 30.3 Å². The fraction of sp³-hybridized carbons (Fsp3) is 1.00. The van der Waals surface area contributed by atoms with Crippen molar-refractivity contribution in [2.75, 3.05) is 19.8 Å². The molecule has 0 saturated carbocycles. The summed E-state index contributed by atoms with van der Waals surface area (Å²) in [5.41, 5.74) is 0. The molecule has 0 bridgehead atoms. The van der Waals surface area contributed by atoms with Crippen molar-refractivity contribution in [2.24, 2.45) is 0 Å². The molecule has 0 aliphatic rings. The maximum atomic E-state index is 10.8. The third-order valence-electron chi connectivity index (χ3n) is 3.58. The van der Waals surface area contributed by atoms with E-state index in [9.17, 15) is 30.3 Å². The molecule has 0 N–H and O–H groups in total. The molecule has 0 saturated heterocycles. The van der Waals surface area contributed by atoms with Gasteiger partial charge in [0.15, 0.2) is 0 Å². The van der Waals surface area contributed by atoms with Crippen molar-refractivity contribution in [1.29, 1.82) is 0 Å². The van der Waals surface area contributed by atoms with Crippen LogP contribution < -0.4 is 0 Å². The molecular weight excluding hydrogens is 341 g/mol. The van der Waals surface area contributed by atoms with Gasteiger partial charge in [-0.2, -0.15) is 0 Å².